The second-order valence-corrected chi connectivity index (χ2v) is 2.64. The van der Waals surface area contributed by atoms with Gasteiger partial charge in [0.05, 0.1) is 0 Å². The molecule has 1 aliphatic rings. The molecule has 0 aliphatic carbocycles. The third kappa shape index (κ3) is 5.45. The monoisotopic (exact) mass is 239 g/mol. The summed E-state index contributed by atoms with van der Waals surface area (Å²) in [4.78, 5) is 8.90. The molecular formula is C6H7F6NO2. The number of carbonyl (C=O) groups is 1. The minimum absolute atomic E-state index is 0.240. The van der Waals surface area contributed by atoms with E-state index in [2.05, 4.69) is 5.32 Å². The van der Waals surface area contributed by atoms with Crippen molar-refractivity contribution in [3.63, 3.8) is 0 Å². The number of rotatable bonds is 0. The maximum atomic E-state index is 11.4. The van der Waals surface area contributed by atoms with E-state index in [-0.39, 0.29) is 6.42 Å². The predicted octanol–water partition coefficient (Wildman–Crippen LogP) is 1.54. The number of aliphatic carboxylic acids is 1. The molecule has 0 aromatic rings. The van der Waals surface area contributed by atoms with Gasteiger partial charge in [-0.05, 0) is 13.0 Å². The number of carboxylic acid groups (broad SMARTS) is 1. The molecular weight excluding hydrogens is 232 g/mol. The van der Waals surface area contributed by atoms with Crippen LogP contribution in [-0.2, 0) is 4.79 Å². The van der Waals surface area contributed by atoms with Crippen molar-refractivity contribution in [2.45, 2.75) is 24.8 Å². The molecule has 0 saturated carbocycles. The first-order chi connectivity index (χ1) is 6.55. The quantitative estimate of drug-likeness (QED) is 0.630. The Labute approximate surface area is 80.1 Å². The van der Waals surface area contributed by atoms with Crippen LogP contribution in [0.1, 0.15) is 6.42 Å². The molecule has 1 heterocycles. The maximum absolute atomic E-state index is 11.4. The van der Waals surface area contributed by atoms with Gasteiger partial charge in [-0.3, -0.25) is 0 Å². The van der Waals surface area contributed by atoms with Crippen molar-refractivity contribution in [1.82, 2.24) is 5.32 Å². The summed E-state index contributed by atoms with van der Waals surface area (Å²) in [6, 6.07) is -1.22. The Bertz CT molecular complexity index is 219. The zero-order valence-electron chi connectivity index (χ0n) is 7.11. The molecule has 0 spiro atoms. The van der Waals surface area contributed by atoms with E-state index in [0.717, 1.165) is 0 Å². The van der Waals surface area contributed by atoms with Crippen LogP contribution in [0.3, 0.4) is 0 Å². The fourth-order valence-corrected chi connectivity index (χ4v) is 0.568. The number of carboxylic acids is 1. The molecule has 3 nitrogen and oxygen atoms in total. The van der Waals surface area contributed by atoms with Crippen LogP contribution in [0.2, 0.25) is 0 Å². The highest BCUT2D eigenvalue weighted by molar-refractivity contribution is 5.73. The van der Waals surface area contributed by atoms with Crippen LogP contribution in [0.4, 0.5) is 26.3 Å². The molecule has 15 heavy (non-hydrogen) atoms. The second kappa shape index (κ2) is 4.69. The molecule has 1 fully saturated rings. The lowest BCUT2D eigenvalue weighted by Crippen LogP contribution is -2.52. The van der Waals surface area contributed by atoms with Crippen molar-refractivity contribution in [2.24, 2.45) is 0 Å². The average molecular weight is 239 g/mol. The summed E-state index contributed by atoms with van der Waals surface area (Å²) in [7, 11) is 0. The Hall–Kier alpha value is -0.990. The summed E-state index contributed by atoms with van der Waals surface area (Å²) in [6.45, 7) is 0.504. The third-order valence-electron chi connectivity index (χ3n) is 1.46. The molecule has 0 aromatic carbocycles. The Balaban J connectivity index is 0.000000265. The first-order valence-corrected chi connectivity index (χ1v) is 3.65. The van der Waals surface area contributed by atoms with E-state index in [1.54, 1.807) is 0 Å². The Morgan fingerprint density at radius 2 is 1.53 bits per heavy atom. The van der Waals surface area contributed by atoms with Gasteiger partial charge in [0, 0.05) is 0 Å². The highest BCUT2D eigenvalue weighted by Crippen LogP contribution is 2.25. The van der Waals surface area contributed by atoms with Gasteiger partial charge in [-0.15, -0.1) is 0 Å². The van der Waals surface area contributed by atoms with Gasteiger partial charge in [-0.25, -0.2) is 4.79 Å². The van der Waals surface area contributed by atoms with Gasteiger partial charge in [0.15, 0.2) is 0 Å². The van der Waals surface area contributed by atoms with E-state index >= 15 is 0 Å². The van der Waals surface area contributed by atoms with Crippen LogP contribution >= 0.6 is 0 Å². The molecule has 0 bridgehead atoms. The molecule has 0 radical (unpaired) electrons. The Kier molecular flexibility index (Phi) is 4.38. The molecule has 9 heteroatoms. The van der Waals surface area contributed by atoms with Crippen LogP contribution < -0.4 is 5.32 Å². The van der Waals surface area contributed by atoms with E-state index in [0.29, 0.717) is 6.54 Å². The standard InChI is InChI=1S/C4H6F3N.C2HF3O2/c5-4(6,7)3-1-2-8-3;3-2(4,5)1(6)7/h3,8H,1-2H2;(H,6,7). The van der Waals surface area contributed by atoms with Crippen molar-refractivity contribution in [3.8, 4) is 0 Å². The topological polar surface area (TPSA) is 49.3 Å². The number of alkyl halides is 6. The van der Waals surface area contributed by atoms with Crippen LogP contribution in [0.15, 0.2) is 0 Å². The SMILES string of the molecule is FC(F)(F)C1CCN1.O=C(O)C(F)(F)F. The van der Waals surface area contributed by atoms with Crippen LogP contribution in [0.25, 0.3) is 0 Å². The van der Waals surface area contributed by atoms with Gasteiger partial charge < -0.3 is 10.4 Å². The van der Waals surface area contributed by atoms with Crippen molar-refractivity contribution < 1.29 is 36.2 Å². The van der Waals surface area contributed by atoms with Crippen LogP contribution in [0.5, 0.6) is 0 Å². The van der Waals surface area contributed by atoms with Crippen molar-refractivity contribution in [1.29, 1.82) is 0 Å². The molecule has 1 aliphatic heterocycles. The Morgan fingerprint density at radius 1 is 1.20 bits per heavy atom. The third-order valence-corrected chi connectivity index (χ3v) is 1.46. The maximum Gasteiger partial charge on any atom is 0.490 e. The first-order valence-electron chi connectivity index (χ1n) is 3.65. The van der Waals surface area contributed by atoms with Gasteiger partial charge in [0.25, 0.3) is 0 Å². The van der Waals surface area contributed by atoms with E-state index < -0.39 is 24.4 Å². The zero-order chi connectivity index (χ0) is 12.3. The largest absolute Gasteiger partial charge is 0.490 e. The lowest BCUT2D eigenvalue weighted by atomic mass is 10.1. The summed E-state index contributed by atoms with van der Waals surface area (Å²) >= 11 is 0. The fourth-order valence-electron chi connectivity index (χ4n) is 0.568. The normalized spacial score (nSPS) is 21.1. The van der Waals surface area contributed by atoms with Crippen molar-refractivity contribution in [2.75, 3.05) is 6.54 Å². The molecule has 0 amide bonds. The number of nitrogens with one attached hydrogen (secondary N) is 1. The molecule has 1 unspecified atom stereocenters. The fraction of sp³-hybridized carbons (Fsp3) is 0.833. The highest BCUT2D eigenvalue weighted by atomic mass is 19.4. The number of hydrogen-bond acceptors (Lipinski definition) is 2. The molecule has 2 N–H and O–H groups in total. The highest BCUT2D eigenvalue weighted by Gasteiger charge is 2.42. The predicted molar refractivity (Wildman–Crippen MR) is 36.2 cm³/mol. The number of halogens is 6. The summed E-state index contributed by atoms with van der Waals surface area (Å²) < 4.78 is 66.1. The molecule has 1 atom stereocenters. The smallest absolute Gasteiger partial charge is 0.475 e. The summed E-state index contributed by atoms with van der Waals surface area (Å²) in [5.74, 6) is -2.76. The van der Waals surface area contributed by atoms with Crippen LogP contribution in [-0.4, -0.2) is 36.0 Å². The molecule has 0 aromatic heterocycles. The van der Waals surface area contributed by atoms with Crippen molar-refractivity contribution in [3.05, 3.63) is 0 Å². The average Bonchev–Trinajstić information content (AvgIpc) is 1.76. The summed E-state index contributed by atoms with van der Waals surface area (Å²) in [6.07, 6.45) is -8.86. The first kappa shape index (κ1) is 14.0. The van der Waals surface area contributed by atoms with Crippen LogP contribution in [0, 0.1) is 0 Å². The minimum atomic E-state index is -5.08. The second-order valence-electron chi connectivity index (χ2n) is 2.64. The number of hydrogen-bond donors (Lipinski definition) is 2. The lowest BCUT2D eigenvalue weighted by molar-refractivity contribution is -0.192. The van der Waals surface area contributed by atoms with E-state index in [1.165, 1.54) is 0 Å². The van der Waals surface area contributed by atoms with Gasteiger partial charge in [-0.1, -0.05) is 0 Å². The lowest BCUT2D eigenvalue weighted by Gasteiger charge is -2.29. The van der Waals surface area contributed by atoms with E-state index in [1.807, 2.05) is 0 Å². The van der Waals surface area contributed by atoms with Crippen molar-refractivity contribution >= 4 is 5.97 Å². The van der Waals surface area contributed by atoms with Gasteiger partial charge in [0.2, 0.25) is 0 Å². The van der Waals surface area contributed by atoms with Gasteiger partial charge >= 0.3 is 18.3 Å². The Morgan fingerprint density at radius 3 is 1.53 bits per heavy atom. The van der Waals surface area contributed by atoms with E-state index in [4.69, 9.17) is 9.90 Å². The summed E-state index contributed by atoms with van der Waals surface area (Å²) in [5.41, 5.74) is 0. The van der Waals surface area contributed by atoms with Gasteiger partial charge in [-0.2, -0.15) is 26.3 Å². The summed E-state index contributed by atoms with van der Waals surface area (Å²) in [5, 5.41) is 9.39. The van der Waals surface area contributed by atoms with Gasteiger partial charge in [0.1, 0.15) is 6.04 Å². The molecule has 1 rings (SSSR count). The van der Waals surface area contributed by atoms with E-state index in [9.17, 15) is 26.3 Å². The zero-order valence-corrected chi connectivity index (χ0v) is 7.11. The molecule has 90 valence electrons. The minimum Gasteiger partial charge on any atom is -0.475 e. The molecule has 1 saturated heterocycles.